The number of hydrogen-bond donors (Lipinski definition) is 2. The molecule has 4 heteroatoms. The van der Waals surface area contributed by atoms with Crippen molar-refractivity contribution in [3.63, 3.8) is 0 Å². The summed E-state index contributed by atoms with van der Waals surface area (Å²) in [5, 5.41) is 6.52. The van der Waals surface area contributed by atoms with Gasteiger partial charge in [0.05, 0.1) is 5.60 Å². The molecule has 0 radical (unpaired) electrons. The van der Waals surface area contributed by atoms with E-state index in [0.29, 0.717) is 12.0 Å². The Bertz CT molecular complexity index is 292. The normalized spacial score (nSPS) is 32.2. The van der Waals surface area contributed by atoms with Crippen LogP contribution in [0.15, 0.2) is 0 Å². The Hall–Kier alpha value is -0.610. The van der Waals surface area contributed by atoms with Crippen LogP contribution in [0, 0.1) is 5.92 Å². The first-order valence-electron chi connectivity index (χ1n) is 7.28. The van der Waals surface area contributed by atoms with Gasteiger partial charge in [-0.1, -0.05) is 6.92 Å². The summed E-state index contributed by atoms with van der Waals surface area (Å²) in [4.78, 5) is 11.4. The number of carbonyl (C=O) groups is 1. The predicted octanol–water partition coefficient (Wildman–Crippen LogP) is 1.45. The second-order valence-electron chi connectivity index (χ2n) is 5.86. The van der Waals surface area contributed by atoms with Gasteiger partial charge in [-0.2, -0.15) is 0 Å². The van der Waals surface area contributed by atoms with Crippen LogP contribution in [0.25, 0.3) is 0 Å². The number of amides is 1. The third-order valence-electron chi connectivity index (χ3n) is 4.15. The topological polar surface area (TPSA) is 50.4 Å². The molecule has 0 spiro atoms. The Morgan fingerprint density at radius 3 is 2.78 bits per heavy atom. The van der Waals surface area contributed by atoms with Gasteiger partial charge in [-0.25, -0.2) is 0 Å². The number of rotatable bonds is 6. The van der Waals surface area contributed by atoms with Crippen molar-refractivity contribution >= 4 is 5.91 Å². The molecule has 2 N–H and O–H groups in total. The van der Waals surface area contributed by atoms with Gasteiger partial charge in [0.1, 0.15) is 0 Å². The molecule has 1 heterocycles. The average molecular weight is 254 g/mol. The van der Waals surface area contributed by atoms with Crippen LogP contribution in [-0.2, 0) is 9.53 Å². The summed E-state index contributed by atoms with van der Waals surface area (Å²) in [7, 11) is 0. The van der Waals surface area contributed by atoms with Crippen molar-refractivity contribution in [2.24, 2.45) is 5.92 Å². The lowest BCUT2D eigenvalue weighted by Gasteiger charge is -2.38. The first-order valence-corrected chi connectivity index (χ1v) is 7.28. The van der Waals surface area contributed by atoms with E-state index in [-0.39, 0.29) is 11.5 Å². The number of ether oxygens (including phenoxy) is 1. The van der Waals surface area contributed by atoms with Gasteiger partial charge in [-0.15, -0.1) is 0 Å². The van der Waals surface area contributed by atoms with Gasteiger partial charge in [-0.3, -0.25) is 4.79 Å². The Morgan fingerprint density at radius 2 is 2.11 bits per heavy atom. The standard InChI is InChI=1S/C14H26N2O2/c1-3-14(2)10-12(6-9-18-14)15-7-8-16-13(17)11-4-5-11/h11-12,15H,3-10H2,1-2H3,(H,16,17). The lowest BCUT2D eigenvalue weighted by Crippen LogP contribution is -2.46. The fourth-order valence-corrected chi connectivity index (χ4v) is 2.50. The molecular formula is C14H26N2O2. The van der Waals surface area contributed by atoms with Gasteiger partial charge in [0.2, 0.25) is 5.91 Å². The van der Waals surface area contributed by atoms with E-state index < -0.39 is 0 Å². The highest BCUT2D eigenvalue weighted by molar-refractivity contribution is 5.80. The molecule has 2 rings (SSSR count). The zero-order chi connectivity index (χ0) is 13.0. The van der Waals surface area contributed by atoms with Crippen molar-refractivity contribution in [3.05, 3.63) is 0 Å². The van der Waals surface area contributed by atoms with Gasteiger partial charge in [0.25, 0.3) is 0 Å². The second-order valence-corrected chi connectivity index (χ2v) is 5.86. The molecule has 0 aromatic heterocycles. The molecule has 104 valence electrons. The molecule has 1 aliphatic heterocycles. The maximum atomic E-state index is 11.4. The zero-order valence-electron chi connectivity index (χ0n) is 11.6. The predicted molar refractivity (Wildman–Crippen MR) is 71.4 cm³/mol. The van der Waals surface area contributed by atoms with Gasteiger partial charge >= 0.3 is 0 Å². The number of hydrogen-bond acceptors (Lipinski definition) is 3. The largest absolute Gasteiger partial charge is 0.375 e. The Balaban J connectivity index is 1.59. The summed E-state index contributed by atoms with van der Waals surface area (Å²) in [5.41, 5.74) is 0.0349. The fourth-order valence-electron chi connectivity index (χ4n) is 2.50. The summed E-state index contributed by atoms with van der Waals surface area (Å²) < 4.78 is 5.82. The molecule has 18 heavy (non-hydrogen) atoms. The molecule has 1 saturated heterocycles. The van der Waals surface area contributed by atoms with Crippen LogP contribution < -0.4 is 10.6 Å². The van der Waals surface area contributed by atoms with Crippen molar-refractivity contribution < 1.29 is 9.53 Å². The van der Waals surface area contributed by atoms with Crippen molar-refractivity contribution in [1.29, 1.82) is 0 Å². The van der Waals surface area contributed by atoms with E-state index >= 15 is 0 Å². The molecule has 0 aromatic carbocycles. The SMILES string of the molecule is CCC1(C)CC(NCCNC(=O)C2CC2)CCO1. The van der Waals surface area contributed by atoms with Gasteiger partial charge < -0.3 is 15.4 Å². The molecule has 2 aliphatic rings. The third-order valence-corrected chi connectivity index (χ3v) is 4.15. The molecule has 2 atom stereocenters. The molecule has 1 aliphatic carbocycles. The van der Waals surface area contributed by atoms with Crippen molar-refractivity contribution in [1.82, 2.24) is 10.6 Å². The highest BCUT2D eigenvalue weighted by Gasteiger charge is 2.31. The summed E-state index contributed by atoms with van der Waals surface area (Å²) in [6.45, 7) is 6.82. The number of carbonyl (C=O) groups excluding carboxylic acids is 1. The molecule has 2 unspecified atom stereocenters. The Kier molecular flexibility index (Phi) is 4.62. The van der Waals surface area contributed by atoms with Crippen LogP contribution in [-0.4, -0.2) is 37.2 Å². The van der Waals surface area contributed by atoms with E-state index in [1.165, 1.54) is 0 Å². The second kappa shape index (κ2) is 6.02. The van der Waals surface area contributed by atoms with E-state index in [0.717, 1.165) is 51.8 Å². The van der Waals surface area contributed by atoms with Crippen LogP contribution in [0.4, 0.5) is 0 Å². The fraction of sp³-hybridized carbons (Fsp3) is 0.929. The lowest BCUT2D eigenvalue weighted by atomic mass is 9.90. The molecule has 0 aromatic rings. The minimum Gasteiger partial charge on any atom is -0.375 e. The van der Waals surface area contributed by atoms with Crippen molar-refractivity contribution in [2.75, 3.05) is 19.7 Å². The van der Waals surface area contributed by atoms with E-state index in [1.54, 1.807) is 0 Å². The highest BCUT2D eigenvalue weighted by Crippen LogP contribution is 2.29. The molecule has 0 bridgehead atoms. The Morgan fingerprint density at radius 1 is 1.33 bits per heavy atom. The zero-order valence-corrected chi connectivity index (χ0v) is 11.6. The van der Waals surface area contributed by atoms with Gasteiger partial charge in [0, 0.05) is 31.7 Å². The maximum absolute atomic E-state index is 11.4. The van der Waals surface area contributed by atoms with Gasteiger partial charge in [-0.05, 0) is 39.0 Å². The van der Waals surface area contributed by atoms with E-state index in [1.807, 2.05) is 0 Å². The summed E-state index contributed by atoms with van der Waals surface area (Å²) >= 11 is 0. The minimum atomic E-state index is 0.0349. The highest BCUT2D eigenvalue weighted by atomic mass is 16.5. The summed E-state index contributed by atoms with van der Waals surface area (Å²) in [5.74, 6) is 0.554. The van der Waals surface area contributed by atoms with Crippen LogP contribution in [0.1, 0.15) is 46.0 Å². The summed E-state index contributed by atoms with van der Waals surface area (Å²) in [6.07, 6.45) is 5.36. The lowest BCUT2D eigenvalue weighted by molar-refractivity contribution is -0.122. The van der Waals surface area contributed by atoms with Crippen LogP contribution in [0.3, 0.4) is 0 Å². The van der Waals surface area contributed by atoms with E-state index in [4.69, 9.17) is 4.74 Å². The summed E-state index contributed by atoms with van der Waals surface area (Å²) in [6, 6.07) is 0.529. The molecule has 1 amide bonds. The third kappa shape index (κ3) is 3.95. The Labute approximate surface area is 110 Å². The minimum absolute atomic E-state index is 0.0349. The number of nitrogens with one attached hydrogen (secondary N) is 2. The van der Waals surface area contributed by atoms with Gasteiger partial charge in [0.15, 0.2) is 0 Å². The average Bonchev–Trinajstić information content (AvgIpc) is 3.19. The van der Waals surface area contributed by atoms with E-state index in [2.05, 4.69) is 24.5 Å². The monoisotopic (exact) mass is 254 g/mol. The van der Waals surface area contributed by atoms with Crippen LogP contribution in [0.5, 0.6) is 0 Å². The van der Waals surface area contributed by atoms with Crippen LogP contribution >= 0.6 is 0 Å². The van der Waals surface area contributed by atoms with E-state index in [9.17, 15) is 4.79 Å². The smallest absolute Gasteiger partial charge is 0.223 e. The molecule has 2 fully saturated rings. The van der Waals surface area contributed by atoms with Crippen molar-refractivity contribution in [2.45, 2.75) is 57.6 Å². The molecule has 4 nitrogen and oxygen atoms in total. The van der Waals surface area contributed by atoms with Crippen LogP contribution in [0.2, 0.25) is 0 Å². The maximum Gasteiger partial charge on any atom is 0.223 e. The molecule has 1 saturated carbocycles. The first kappa shape index (κ1) is 13.8. The van der Waals surface area contributed by atoms with Crippen molar-refractivity contribution in [3.8, 4) is 0 Å². The molecular weight excluding hydrogens is 228 g/mol. The quantitative estimate of drug-likeness (QED) is 0.705. The first-order chi connectivity index (χ1) is 8.63.